The summed E-state index contributed by atoms with van der Waals surface area (Å²) in [6.45, 7) is 1.95. The number of nitrogens with one attached hydrogen (secondary N) is 2. The predicted octanol–water partition coefficient (Wildman–Crippen LogP) is 3.28. The molecule has 3 heterocycles. The number of nitrogens with zero attached hydrogens (tertiary/aromatic N) is 5. The van der Waals surface area contributed by atoms with Crippen LogP contribution >= 0.6 is 0 Å². The number of hydrogen-bond acceptors (Lipinski definition) is 8. The molecule has 2 aliphatic rings. The van der Waals surface area contributed by atoms with Crippen LogP contribution in [0.1, 0.15) is 12.0 Å². The molecule has 0 spiro atoms. The number of hydrazone groups is 1. The van der Waals surface area contributed by atoms with Gasteiger partial charge < -0.3 is 15.0 Å². The molecular weight excluding hydrogens is 470 g/mol. The molecule has 2 aliphatic heterocycles. The van der Waals surface area contributed by atoms with Gasteiger partial charge in [-0.25, -0.2) is 14.8 Å². The molecule has 4 rings (SSSR count). The molecule has 184 valence electrons. The van der Waals surface area contributed by atoms with Crippen molar-refractivity contribution in [3.63, 3.8) is 0 Å². The van der Waals surface area contributed by atoms with Gasteiger partial charge in [0.15, 0.2) is 11.6 Å². The molecule has 0 bridgehead atoms. The lowest BCUT2D eigenvalue weighted by atomic mass is 10.1. The molecular formula is C22H21F4N7O2. The van der Waals surface area contributed by atoms with Crippen LogP contribution in [0.2, 0.25) is 0 Å². The molecule has 2 aromatic rings. The van der Waals surface area contributed by atoms with E-state index in [4.69, 9.17) is 4.74 Å². The Bertz CT molecular complexity index is 1160. The zero-order valence-corrected chi connectivity index (χ0v) is 18.3. The van der Waals surface area contributed by atoms with Crippen LogP contribution in [0.15, 0.2) is 52.7 Å². The van der Waals surface area contributed by atoms with Crippen LogP contribution in [-0.4, -0.2) is 60.1 Å². The van der Waals surface area contributed by atoms with Crippen molar-refractivity contribution in [1.29, 1.82) is 0 Å². The maximum Gasteiger partial charge on any atom is 0.416 e. The van der Waals surface area contributed by atoms with Gasteiger partial charge in [-0.3, -0.25) is 9.79 Å². The van der Waals surface area contributed by atoms with Crippen molar-refractivity contribution in [3.8, 4) is 0 Å². The first-order valence-corrected chi connectivity index (χ1v) is 10.7. The number of halogens is 4. The third-order valence-corrected chi connectivity index (χ3v) is 5.11. The maximum absolute atomic E-state index is 14.1. The Hall–Kier alpha value is -3.87. The number of carbonyl (C=O) groups excluding carboxylic acids is 1. The summed E-state index contributed by atoms with van der Waals surface area (Å²) in [4.78, 5) is 26.6. The Morgan fingerprint density at radius 2 is 2.06 bits per heavy atom. The van der Waals surface area contributed by atoms with E-state index in [0.29, 0.717) is 32.0 Å². The number of carbonyl (C=O) groups is 1. The molecule has 1 atom stereocenters. The summed E-state index contributed by atoms with van der Waals surface area (Å²) >= 11 is 0. The molecule has 0 saturated carbocycles. The van der Waals surface area contributed by atoms with Crippen LogP contribution in [0, 0.1) is 5.82 Å². The summed E-state index contributed by atoms with van der Waals surface area (Å²) in [6, 6.07) is 3.53. The van der Waals surface area contributed by atoms with E-state index in [1.807, 2.05) is 0 Å². The topological polar surface area (TPSA) is 104 Å². The van der Waals surface area contributed by atoms with E-state index in [9.17, 15) is 22.4 Å². The molecule has 35 heavy (non-hydrogen) atoms. The molecule has 1 fully saturated rings. The second-order valence-electron chi connectivity index (χ2n) is 7.61. The fraction of sp³-hybridized carbons (Fsp3) is 0.318. The molecule has 0 radical (unpaired) electrons. The lowest BCUT2D eigenvalue weighted by Gasteiger charge is -2.27. The van der Waals surface area contributed by atoms with E-state index in [1.54, 1.807) is 17.1 Å². The summed E-state index contributed by atoms with van der Waals surface area (Å²) in [5.74, 6) is -0.897. The van der Waals surface area contributed by atoms with Crippen molar-refractivity contribution in [3.05, 3.63) is 54.0 Å². The molecule has 2 N–H and O–H groups in total. The number of aliphatic imine (C=N–C) groups is 1. The van der Waals surface area contributed by atoms with Crippen molar-refractivity contribution < 1.29 is 27.1 Å². The lowest BCUT2D eigenvalue weighted by Crippen LogP contribution is -2.37. The molecule has 1 saturated heterocycles. The molecule has 13 heteroatoms. The molecule has 9 nitrogen and oxygen atoms in total. The Balaban J connectivity index is 1.38. The SMILES string of the molecule is O=C(Nc1cccc(C(F)(F)F)c1)C1CC=CC(/C=N/Nc2ncc(F)c(N3CCOCC3)n2)=N1. The van der Waals surface area contributed by atoms with Gasteiger partial charge in [-0.2, -0.15) is 23.3 Å². The number of allylic oxidation sites excluding steroid dienone is 1. The van der Waals surface area contributed by atoms with Crippen LogP contribution in [0.25, 0.3) is 0 Å². The number of dihydropyridines is 1. The summed E-state index contributed by atoms with van der Waals surface area (Å²) < 4.78 is 58.1. The summed E-state index contributed by atoms with van der Waals surface area (Å²) in [7, 11) is 0. The second-order valence-corrected chi connectivity index (χ2v) is 7.61. The van der Waals surface area contributed by atoms with Gasteiger partial charge in [-0.1, -0.05) is 12.1 Å². The van der Waals surface area contributed by atoms with Crippen LogP contribution in [0.3, 0.4) is 0 Å². The van der Waals surface area contributed by atoms with Gasteiger partial charge in [0.1, 0.15) is 6.04 Å². The van der Waals surface area contributed by atoms with Gasteiger partial charge in [0.25, 0.3) is 0 Å². The highest BCUT2D eigenvalue weighted by Gasteiger charge is 2.30. The van der Waals surface area contributed by atoms with Gasteiger partial charge >= 0.3 is 6.18 Å². The Morgan fingerprint density at radius 1 is 1.26 bits per heavy atom. The second kappa shape index (κ2) is 10.6. The Labute approximate surface area is 197 Å². The standard InChI is InChI=1S/C22H21F4N7O2/c23-17-13-27-21(31-19(17)33-7-9-35-10-8-33)32-28-12-16-5-2-6-18(29-16)20(34)30-15-4-1-3-14(11-15)22(24,25)26/h1-5,11-13,18H,6-10H2,(H,30,34)(H,27,31,32)/b28-12+. The van der Waals surface area contributed by atoms with Crippen molar-refractivity contribution in [1.82, 2.24) is 9.97 Å². The predicted molar refractivity (Wildman–Crippen MR) is 122 cm³/mol. The van der Waals surface area contributed by atoms with E-state index >= 15 is 0 Å². The van der Waals surface area contributed by atoms with Crippen molar-refractivity contribution >= 4 is 35.3 Å². The Kier molecular flexibility index (Phi) is 7.34. The molecule has 1 aromatic heterocycles. The van der Waals surface area contributed by atoms with Crippen LogP contribution in [-0.2, 0) is 15.7 Å². The average Bonchev–Trinajstić information content (AvgIpc) is 2.85. The van der Waals surface area contributed by atoms with Crippen molar-refractivity contribution in [2.24, 2.45) is 10.1 Å². The third kappa shape index (κ3) is 6.38. The minimum absolute atomic E-state index is 0.0241. The minimum atomic E-state index is -4.51. The smallest absolute Gasteiger partial charge is 0.378 e. The lowest BCUT2D eigenvalue weighted by molar-refractivity contribution is -0.137. The van der Waals surface area contributed by atoms with Gasteiger partial charge in [0.2, 0.25) is 11.9 Å². The van der Waals surface area contributed by atoms with Crippen LogP contribution < -0.4 is 15.6 Å². The summed E-state index contributed by atoms with van der Waals surface area (Å²) in [5, 5.41) is 6.45. The van der Waals surface area contributed by atoms with Crippen molar-refractivity contribution in [2.45, 2.75) is 18.6 Å². The number of amides is 1. The van der Waals surface area contributed by atoms with E-state index in [0.717, 1.165) is 18.3 Å². The maximum atomic E-state index is 14.1. The highest BCUT2D eigenvalue weighted by atomic mass is 19.4. The number of ether oxygens (including phenoxy) is 1. The third-order valence-electron chi connectivity index (χ3n) is 5.11. The van der Waals surface area contributed by atoms with Crippen molar-refractivity contribution in [2.75, 3.05) is 41.9 Å². The average molecular weight is 491 g/mol. The van der Waals surface area contributed by atoms with Gasteiger partial charge in [0.05, 0.1) is 36.9 Å². The minimum Gasteiger partial charge on any atom is -0.378 e. The number of morpholine rings is 1. The van der Waals surface area contributed by atoms with Gasteiger partial charge in [0, 0.05) is 18.8 Å². The van der Waals surface area contributed by atoms with E-state index in [1.165, 1.54) is 18.3 Å². The normalized spacial score (nSPS) is 18.5. The number of hydrogen-bond donors (Lipinski definition) is 2. The molecule has 0 aliphatic carbocycles. The Morgan fingerprint density at radius 3 is 2.83 bits per heavy atom. The molecule has 1 amide bonds. The monoisotopic (exact) mass is 491 g/mol. The molecule has 1 aromatic carbocycles. The van der Waals surface area contributed by atoms with Crippen LogP contribution in [0.5, 0.6) is 0 Å². The number of benzene rings is 1. The quantitative estimate of drug-likeness (QED) is 0.365. The highest BCUT2D eigenvalue weighted by molar-refractivity contribution is 6.36. The van der Waals surface area contributed by atoms with Gasteiger partial charge in [-0.15, -0.1) is 0 Å². The number of anilines is 3. The zero-order valence-electron chi connectivity index (χ0n) is 18.3. The summed E-state index contributed by atoms with van der Waals surface area (Å²) in [6.07, 6.45) is 1.49. The number of aromatic nitrogens is 2. The first-order chi connectivity index (χ1) is 16.8. The fourth-order valence-electron chi connectivity index (χ4n) is 3.40. The number of rotatable bonds is 6. The highest BCUT2D eigenvalue weighted by Crippen LogP contribution is 2.30. The first-order valence-electron chi connectivity index (χ1n) is 10.7. The largest absolute Gasteiger partial charge is 0.416 e. The van der Waals surface area contributed by atoms with Gasteiger partial charge in [-0.05, 0) is 30.7 Å². The van der Waals surface area contributed by atoms with E-state index < -0.39 is 29.5 Å². The first kappa shape index (κ1) is 24.3. The number of alkyl halides is 3. The fourth-order valence-corrected chi connectivity index (χ4v) is 3.40. The van der Waals surface area contributed by atoms with E-state index in [2.05, 4.69) is 30.8 Å². The zero-order chi connectivity index (χ0) is 24.8. The molecule has 1 unspecified atom stereocenters. The summed E-state index contributed by atoms with van der Waals surface area (Å²) in [5.41, 5.74) is 2.12. The van der Waals surface area contributed by atoms with Crippen LogP contribution in [0.4, 0.5) is 35.0 Å². The van der Waals surface area contributed by atoms with E-state index in [-0.39, 0.29) is 23.9 Å².